The molecule has 0 aliphatic carbocycles. The molecule has 1 fully saturated rings. The predicted octanol–water partition coefficient (Wildman–Crippen LogP) is 2.56. The number of anilines is 1. The molecule has 1 aromatic carbocycles. The van der Waals surface area contributed by atoms with Crippen LogP contribution in [0.4, 0.5) is 10.1 Å². The Kier molecular flexibility index (Phi) is 6.26. The molecule has 1 heterocycles. The highest BCUT2D eigenvalue weighted by Gasteiger charge is 2.19. The first-order valence-corrected chi connectivity index (χ1v) is 7.71. The van der Waals surface area contributed by atoms with Crippen molar-refractivity contribution in [2.45, 2.75) is 32.2 Å². The number of hydrogen-bond donors (Lipinski definition) is 1. The highest BCUT2D eigenvalue weighted by molar-refractivity contribution is 5.59. The van der Waals surface area contributed by atoms with Crippen LogP contribution in [0.15, 0.2) is 18.2 Å². The zero-order valence-electron chi connectivity index (χ0n) is 12.7. The molecule has 2 rings (SSSR count). The van der Waals surface area contributed by atoms with E-state index in [9.17, 15) is 4.39 Å². The molecule has 1 aliphatic rings. The third kappa shape index (κ3) is 4.86. The average molecular weight is 296 g/mol. The highest BCUT2D eigenvalue weighted by atomic mass is 19.1. The second kappa shape index (κ2) is 8.20. The largest absolute Gasteiger partial charge is 0.491 e. The molecule has 0 saturated carbocycles. The maximum atomic E-state index is 13.5. The zero-order chi connectivity index (χ0) is 15.1. The second-order valence-corrected chi connectivity index (χ2v) is 5.34. The van der Waals surface area contributed by atoms with Crippen LogP contribution in [0.5, 0.6) is 5.75 Å². The Balaban J connectivity index is 1.96. The summed E-state index contributed by atoms with van der Waals surface area (Å²) in [7, 11) is 0. The number of benzene rings is 1. The van der Waals surface area contributed by atoms with Gasteiger partial charge in [0.2, 0.25) is 0 Å². The first-order valence-electron chi connectivity index (χ1n) is 7.71. The Morgan fingerprint density at radius 3 is 2.76 bits per heavy atom. The zero-order valence-corrected chi connectivity index (χ0v) is 12.7. The van der Waals surface area contributed by atoms with Gasteiger partial charge in [0.1, 0.15) is 11.6 Å². The number of piperidine rings is 1. The van der Waals surface area contributed by atoms with Crippen molar-refractivity contribution in [1.82, 2.24) is 0 Å². The summed E-state index contributed by atoms with van der Waals surface area (Å²) in [6.45, 7) is 5.65. The monoisotopic (exact) mass is 296 g/mol. The van der Waals surface area contributed by atoms with Gasteiger partial charge < -0.3 is 20.1 Å². The van der Waals surface area contributed by atoms with E-state index in [1.54, 1.807) is 12.1 Å². The Labute approximate surface area is 126 Å². The van der Waals surface area contributed by atoms with Gasteiger partial charge >= 0.3 is 0 Å². The Morgan fingerprint density at radius 1 is 1.29 bits per heavy atom. The van der Waals surface area contributed by atoms with Gasteiger partial charge in [0.25, 0.3) is 0 Å². The van der Waals surface area contributed by atoms with Crippen LogP contribution >= 0.6 is 0 Å². The summed E-state index contributed by atoms with van der Waals surface area (Å²) in [5, 5.41) is 0. The Bertz CT molecular complexity index is 434. The first kappa shape index (κ1) is 16.0. The van der Waals surface area contributed by atoms with Crippen LogP contribution in [0.1, 0.15) is 26.2 Å². The van der Waals surface area contributed by atoms with E-state index in [4.69, 9.17) is 15.2 Å². The van der Waals surface area contributed by atoms with Gasteiger partial charge in [-0.2, -0.15) is 0 Å². The molecule has 0 amide bonds. The van der Waals surface area contributed by atoms with Crippen molar-refractivity contribution in [2.75, 3.05) is 37.8 Å². The fourth-order valence-electron chi connectivity index (χ4n) is 2.49. The summed E-state index contributed by atoms with van der Waals surface area (Å²) in [6, 6.07) is 4.96. The van der Waals surface area contributed by atoms with Crippen molar-refractivity contribution < 1.29 is 13.9 Å². The molecule has 2 N–H and O–H groups in total. The molecule has 0 atom stereocenters. The normalized spacial score (nSPS) is 16.2. The summed E-state index contributed by atoms with van der Waals surface area (Å²) in [5.74, 6) is 0.505. The minimum Gasteiger partial charge on any atom is -0.491 e. The summed E-state index contributed by atoms with van der Waals surface area (Å²) in [4.78, 5) is 2.16. The van der Waals surface area contributed by atoms with Gasteiger partial charge in [-0.25, -0.2) is 4.39 Å². The maximum Gasteiger partial charge on any atom is 0.142 e. The van der Waals surface area contributed by atoms with Crippen LogP contribution in [0, 0.1) is 5.82 Å². The van der Waals surface area contributed by atoms with Crippen LogP contribution in [0.2, 0.25) is 0 Å². The molecular weight excluding hydrogens is 271 g/mol. The molecule has 0 bridgehead atoms. The number of ether oxygens (including phenoxy) is 2. The van der Waals surface area contributed by atoms with Gasteiger partial charge in [0.05, 0.1) is 12.3 Å². The van der Waals surface area contributed by atoms with Crippen molar-refractivity contribution in [1.29, 1.82) is 0 Å². The van der Waals surface area contributed by atoms with Gasteiger partial charge in [-0.1, -0.05) is 0 Å². The van der Waals surface area contributed by atoms with Crippen LogP contribution in [-0.2, 0) is 4.74 Å². The molecule has 1 saturated heterocycles. The first-order chi connectivity index (χ1) is 10.2. The SMILES string of the molecule is CCOCCCOc1ccc(F)cc1N1CCC(N)CC1. The van der Waals surface area contributed by atoms with E-state index < -0.39 is 0 Å². The van der Waals surface area contributed by atoms with Crippen LogP contribution in [0.25, 0.3) is 0 Å². The summed E-state index contributed by atoms with van der Waals surface area (Å²) in [5.41, 5.74) is 6.76. The number of nitrogens with zero attached hydrogens (tertiary/aromatic N) is 1. The minimum absolute atomic E-state index is 0.235. The van der Waals surface area contributed by atoms with E-state index in [1.165, 1.54) is 6.07 Å². The molecule has 0 unspecified atom stereocenters. The molecule has 0 aromatic heterocycles. The molecule has 0 spiro atoms. The summed E-state index contributed by atoms with van der Waals surface area (Å²) in [6.07, 6.45) is 2.69. The highest BCUT2D eigenvalue weighted by Crippen LogP contribution is 2.31. The molecular formula is C16H25FN2O2. The molecule has 5 heteroatoms. The van der Waals surface area contributed by atoms with Crippen molar-refractivity contribution in [3.05, 3.63) is 24.0 Å². The Morgan fingerprint density at radius 2 is 2.05 bits per heavy atom. The summed E-state index contributed by atoms with van der Waals surface area (Å²) < 4.78 is 24.6. The number of hydrogen-bond acceptors (Lipinski definition) is 4. The van der Waals surface area contributed by atoms with Gasteiger partial charge in [-0.15, -0.1) is 0 Å². The van der Waals surface area contributed by atoms with Crippen LogP contribution in [0.3, 0.4) is 0 Å². The molecule has 4 nitrogen and oxygen atoms in total. The fraction of sp³-hybridized carbons (Fsp3) is 0.625. The van der Waals surface area contributed by atoms with Gasteiger partial charge in [-0.3, -0.25) is 0 Å². The fourth-order valence-corrected chi connectivity index (χ4v) is 2.49. The lowest BCUT2D eigenvalue weighted by Crippen LogP contribution is -2.39. The van der Waals surface area contributed by atoms with Crippen molar-refractivity contribution >= 4 is 5.69 Å². The molecule has 0 radical (unpaired) electrons. The van der Waals surface area contributed by atoms with E-state index >= 15 is 0 Å². The maximum absolute atomic E-state index is 13.5. The van der Waals surface area contributed by atoms with E-state index in [0.717, 1.165) is 50.4 Å². The lowest BCUT2D eigenvalue weighted by Gasteiger charge is -2.33. The Hall–Kier alpha value is -1.33. The lowest BCUT2D eigenvalue weighted by molar-refractivity contribution is 0.131. The van der Waals surface area contributed by atoms with E-state index in [1.807, 2.05) is 6.92 Å². The van der Waals surface area contributed by atoms with Crippen LogP contribution < -0.4 is 15.4 Å². The van der Waals surface area contributed by atoms with E-state index in [2.05, 4.69) is 4.90 Å². The van der Waals surface area contributed by atoms with Crippen molar-refractivity contribution in [3.63, 3.8) is 0 Å². The smallest absolute Gasteiger partial charge is 0.142 e. The van der Waals surface area contributed by atoms with Gasteiger partial charge in [0.15, 0.2) is 0 Å². The number of rotatable bonds is 7. The average Bonchev–Trinajstić information content (AvgIpc) is 2.49. The second-order valence-electron chi connectivity index (χ2n) is 5.34. The van der Waals surface area contributed by atoms with E-state index in [0.29, 0.717) is 13.2 Å². The molecule has 1 aliphatic heterocycles. The topological polar surface area (TPSA) is 47.7 Å². The lowest BCUT2D eigenvalue weighted by atomic mass is 10.1. The van der Waals surface area contributed by atoms with Crippen molar-refractivity contribution in [2.24, 2.45) is 5.73 Å². The number of halogens is 1. The standard InChI is InChI=1S/C16H25FN2O2/c1-2-20-10-3-11-21-16-5-4-13(17)12-15(16)19-8-6-14(18)7-9-19/h4-5,12,14H,2-3,6-11,18H2,1H3. The van der Waals surface area contributed by atoms with Crippen molar-refractivity contribution in [3.8, 4) is 5.75 Å². The third-order valence-electron chi connectivity index (χ3n) is 3.70. The van der Waals surface area contributed by atoms with E-state index in [-0.39, 0.29) is 11.9 Å². The number of nitrogens with two attached hydrogens (primary N) is 1. The van der Waals surface area contributed by atoms with Gasteiger partial charge in [-0.05, 0) is 31.9 Å². The minimum atomic E-state index is -0.235. The predicted molar refractivity (Wildman–Crippen MR) is 82.4 cm³/mol. The van der Waals surface area contributed by atoms with Gasteiger partial charge in [0, 0.05) is 44.8 Å². The molecule has 21 heavy (non-hydrogen) atoms. The summed E-state index contributed by atoms with van der Waals surface area (Å²) >= 11 is 0. The molecule has 118 valence electrons. The van der Waals surface area contributed by atoms with Crippen LogP contribution in [-0.4, -0.2) is 39.0 Å². The third-order valence-corrected chi connectivity index (χ3v) is 3.70. The molecule has 1 aromatic rings. The quantitative estimate of drug-likeness (QED) is 0.786.